The molecule has 6 aromatic rings. The maximum Gasteiger partial charge on any atom is 0.128 e. The van der Waals surface area contributed by atoms with Crippen molar-refractivity contribution in [2.24, 2.45) is 0 Å². The van der Waals surface area contributed by atoms with E-state index in [1.807, 2.05) is 43.0 Å². The van der Waals surface area contributed by atoms with E-state index in [1.54, 1.807) is 0 Å². The smallest absolute Gasteiger partial charge is 0.128 e. The summed E-state index contributed by atoms with van der Waals surface area (Å²) in [6.07, 6.45) is 8.68. The van der Waals surface area contributed by atoms with Crippen LogP contribution in [0.5, 0.6) is 11.5 Å². The number of aryl methyl sites for hydroxylation is 2. The molecule has 44 heavy (non-hydrogen) atoms. The summed E-state index contributed by atoms with van der Waals surface area (Å²) in [7, 11) is 0. The number of hydrogen-bond donors (Lipinski definition) is 0. The Balaban J connectivity index is 1.24. The number of nitrogens with zero attached hydrogens (tertiary/aromatic N) is 4. The molecular formula is C39H40N4O. The van der Waals surface area contributed by atoms with Crippen LogP contribution in [0.4, 0.5) is 0 Å². The van der Waals surface area contributed by atoms with Gasteiger partial charge in [0.05, 0.1) is 23.4 Å². The molecule has 0 saturated carbocycles. The molecule has 0 aliphatic heterocycles. The Morgan fingerprint density at radius 3 is 2.05 bits per heavy atom. The SMILES string of the molecule is Cc1cccc(C)c1-n1ccnc1Cc1cccc(Oc2cccc(-c3cn(-c4c(C(C)C)cccc4C(C)C)cn3)c2)c1. The molecule has 0 unspecified atom stereocenters. The predicted octanol–water partition coefficient (Wildman–Crippen LogP) is 9.97. The molecule has 0 radical (unpaired) electrons. The van der Waals surface area contributed by atoms with Crippen molar-refractivity contribution < 1.29 is 4.74 Å². The first-order valence-corrected chi connectivity index (χ1v) is 15.4. The van der Waals surface area contributed by atoms with Crippen LogP contribution in [-0.2, 0) is 6.42 Å². The van der Waals surface area contributed by atoms with Crippen LogP contribution in [0.1, 0.15) is 73.2 Å². The van der Waals surface area contributed by atoms with Crippen molar-refractivity contribution in [1.82, 2.24) is 19.1 Å². The number of para-hydroxylation sites is 2. The summed E-state index contributed by atoms with van der Waals surface area (Å²) in [5.74, 6) is 3.39. The average Bonchev–Trinajstić information content (AvgIpc) is 3.67. The first-order chi connectivity index (χ1) is 21.3. The van der Waals surface area contributed by atoms with Gasteiger partial charge in [0.2, 0.25) is 0 Å². The summed E-state index contributed by atoms with van der Waals surface area (Å²) < 4.78 is 10.8. The third kappa shape index (κ3) is 5.96. The summed E-state index contributed by atoms with van der Waals surface area (Å²) in [4.78, 5) is 9.51. The van der Waals surface area contributed by atoms with Crippen LogP contribution >= 0.6 is 0 Å². The number of benzene rings is 4. The molecule has 0 bridgehead atoms. The van der Waals surface area contributed by atoms with Crippen molar-refractivity contribution in [1.29, 1.82) is 0 Å². The van der Waals surface area contributed by atoms with Crippen molar-refractivity contribution in [3.63, 3.8) is 0 Å². The molecular weight excluding hydrogens is 540 g/mol. The molecule has 4 aromatic carbocycles. The van der Waals surface area contributed by atoms with Crippen LogP contribution in [0, 0.1) is 13.8 Å². The monoisotopic (exact) mass is 580 g/mol. The van der Waals surface area contributed by atoms with Gasteiger partial charge in [-0.25, -0.2) is 9.97 Å². The zero-order chi connectivity index (χ0) is 30.8. The standard InChI is InChI=1S/C39H40N4O/c1-26(2)34-17-10-18-35(27(3)4)39(34)42-24-36(41-25-42)31-14-9-16-33(23-31)44-32-15-8-13-30(21-32)22-37-40-19-20-43(37)38-28(5)11-7-12-29(38)6/h7-21,23-27H,22H2,1-6H3. The minimum absolute atomic E-state index is 0.411. The highest BCUT2D eigenvalue weighted by Gasteiger charge is 2.17. The summed E-state index contributed by atoms with van der Waals surface area (Å²) in [5, 5.41) is 0. The average molecular weight is 581 g/mol. The van der Waals surface area contributed by atoms with Crippen LogP contribution in [0.25, 0.3) is 22.6 Å². The Hall–Kier alpha value is -4.90. The lowest BCUT2D eigenvalue weighted by atomic mass is 9.92. The molecule has 0 atom stereocenters. The Morgan fingerprint density at radius 2 is 1.34 bits per heavy atom. The minimum Gasteiger partial charge on any atom is -0.457 e. The highest BCUT2D eigenvalue weighted by Crippen LogP contribution is 2.33. The van der Waals surface area contributed by atoms with Gasteiger partial charge in [0.15, 0.2) is 0 Å². The van der Waals surface area contributed by atoms with Crippen molar-refractivity contribution in [3.05, 3.63) is 143 Å². The van der Waals surface area contributed by atoms with E-state index < -0.39 is 0 Å². The Bertz CT molecular complexity index is 1860. The molecule has 0 aliphatic carbocycles. The number of ether oxygens (including phenoxy) is 1. The normalized spacial score (nSPS) is 11.5. The van der Waals surface area contributed by atoms with Crippen molar-refractivity contribution in [3.8, 4) is 34.1 Å². The molecule has 6 rings (SSSR count). The van der Waals surface area contributed by atoms with Gasteiger partial charge in [-0.1, -0.05) is 88.4 Å². The molecule has 0 fully saturated rings. The van der Waals surface area contributed by atoms with E-state index in [0.717, 1.165) is 34.1 Å². The number of aromatic nitrogens is 4. The number of rotatable bonds is 9. The zero-order valence-electron chi connectivity index (χ0n) is 26.5. The van der Waals surface area contributed by atoms with Crippen molar-refractivity contribution >= 4 is 0 Å². The van der Waals surface area contributed by atoms with E-state index >= 15 is 0 Å². The van der Waals surface area contributed by atoms with Gasteiger partial charge >= 0.3 is 0 Å². The quantitative estimate of drug-likeness (QED) is 0.171. The lowest BCUT2D eigenvalue weighted by Crippen LogP contribution is -2.05. The van der Waals surface area contributed by atoms with E-state index in [9.17, 15) is 0 Å². The first-order valence-electron chi connectivity index (χ1n) is 15.4. The van der Waals surface area contributed by atoms with E-state index in [1.165, 1.54) is 33.6 Å². The van der Waals surface area contributed by atoms with Gasteiger partial charge < -0.3 is 13.9 Å². The second-order valence-corrected chi connectivity index (χ2v) is 12.2. The van der Waals surface area contributed by atoms with Crippen LogP contribution in [-0.4, -0.2) is 19.1 Å². The van der Waals surface area contributed by atoms with Gasteiger partial charge in [-0.15, -0.1) is 0 Å². The fourth-order valence-corrected chi connectivity index (χ4v) is 6.01. The molecule has 5 nitrogen and oxygen atoms in total. The second-order valence-electron chi connectivity index (χ2n) is 12.2. The van der Waals surface area contributed by atoms with Crippen LogP contribution in [0.15, 0.2) is 110 Å². The fraction of sp³-hybridized carbons (Fsp3) is 0.231. The molecule has 5 heteroatoms. The Morgan fingerprint density at radius 1 is 0.705 bits per heavy atom. The minimum atomic E-state index is 0.411. The summed E-state index contributed by atoms with van der Waals surface area (Å²) >= 11 is 0. The van der Waals surface area contributed by atoms with E-state index in [-0.39, 0.29) is 0 Å². The van der Waals surface area contributed by atoms with Crippen molar-refractivity contribution in [2.75, 3.05) is 0 Å². The fourth-order valence-electron chi connectivity index (χ4n) is 6.01. The van der Waals surface area contributed by atoms with Gasteiger partial charge in [0, 0.05) is 30.6 Å². The number of hydrogen-bond acceptors (Lipinski definition) is 3. The maximum absolute atomic E-state index is 6.38. The molecule has 0 aliphatic rings. The first kappa shape index (κ1) is 29.2. The van der Waals surface area contributed by atoms with Gasteiger partial charge in [-0.2, -0.15) is 0 Å². The van der Waals surface area contributed by atoms with Crippen LogP contribution < -0.4 is 4.74 Å². The molecule has 0 amide bonds. The molecule has 0 saturated heterocycles. The maximum atomic E-state index is 6.38. The molecule has 2 heterocycles. The third-order valence-electron chi connectivity index (χ3n) is 8.21. The topological polar surface area (TPSA) is 44.9 Å². The van der Waals surface area contributed by atoms with E-state index in [2.05, 4.69) is 118 Å². The summed E-state index contributed by atoms with van der Waals surface area (Å²) in [6, 6.07) is 29.4. The molecule has 0 spiro atoms. The van der Waals surface area contributed by atoms with Crippen LogP contribution in [0.2, 0.25) is 0 Å². The zero-order valence-corrected chi connectivity index (χ0v) is 26.5. The van der Waals surface area contributed by atoms with E-state index in [4.69, 9.17) is 14.7 Å². The number of imidazole rings is 2. The summed E-state index contributed by atoms with van der Waals surface area (Å²) in [6.45, 7) is 13.3. The predicted molar refractivity (Wildman–Crippen MR) is 180 cm³/mol. The highest BCUT2D eigenvalue weighted by atomic mass is 16.5. The van der Waals surface area contributed by atoms with Crippen LogP contribution in [0.3, 0.4) is 0 Å². The third-order valence-corrected chi connectivity index (χ3v) is 8.21. The van der Waals surface area contributed by atoms with Gasteiger partial charge in [0.25, 0.3) is 0 Å². The van der Waals surface area contributed by atoms with Gasteiger partial charge in [-0.05, 0) is 77.8 Å². The lowest BCUT2D eigenvalue weighted by molar-refractivity contribution is 0.482. The van der Waals surface area contributed by atoms with E-state index in [0.29, 0.717) is 18.3 Å². The van der Waals surface area contributed by atoms with Gasteiger partial charge in [-0.3, -0.25) is 0 Å². The molecule has 2 aromatic heterocycles. The highest BCUT2D eigenvalue weighted by molar-refractivity contribution is 5.62. The second kappa shape index (κ2) is 12.4. The van der Waals surface area contributed by atoms with Crippen molar-refractivity contribution in [2.45, 2.75) is 59.8 Å². The summed E-state index contributed by atoms with van der Waals surface area (Å²) in [5.41, 5.74) is 10.6. The largest absolute Gasteiger partial charge is 0.457 e. The molecule has 222 valence electrons. The van der Waals surface area contributed by atoms with Gasteiger partial charge in [0.1, 0.15) is 17.3 Å². The Labute approximate surface area is 260 Å². The Kier molecular flexibility index (Phi) is 8.21. The molecule has 0 N–H and O–H groups in total. The lowest BCUT2D eigenvalue weighted by Gasteiger charge is -2.20.